The second-order valence-electron chi connectivity index (χ2n) is 12.4. The van der Waals surface area contributed by atoms with Crippen molar-refractivity contribution in [2.75, 3.05) is 6.54 Å². The third-order valence-electron chi connectivity index (χ3n) is 7.84. The summed E-state index contributed by atoms with van der Waals surface area (Å²) in [5, 5.41) is 12.4. The van der Waals surface area contributed by atoms with E-state index in [4.69, 9.17) is 23.2 Å². The normalized spacial score (nSPS) is 19.2. The number of amides is 4. The summed E-state index contributed by atoms with van der Waals surface area (Å²) in [5.41, 5.74) is 0.114. The van der Waals surface area contributed by atoms with Crippen molar-refractivity contribution < 1.29 is 24.0 Å². The number of hydrogen-bond donors (Lipinski definition) is 5. The number of carbonyl (C=O) groups is 5. The quantitative estimate of drug-likeness (QED) is 0.254. The molecule has 4 rings (SSSR count). The van der Waals surface area contributed by atoms with Crippen molar-refractivity contribution in [3.05, 3.63) is 33.9 Å². The first kappa shape index (κ1) is 31.8. The van der Waals surface area contributed by atoms with Crippen LogP contribution in [0.3, 0.4) is 0 Å². The summed E-state index contributed by atoms with van der Waals surface area (Å²) in [5.74, 6) is -3.29. The van der Waals surface area contributed by atoms with E-state index in [2.05, 4.69) is 26.3 Å². The smallest absolute Gasteiger partial charge is 0.290 e. The van der Waals surface area contributed by atoms with Crippen molar-refractivity contribution in [3.8, 4) is 0 Å². The highest BCUT2D eigenvalue weighted by molar-refractivity contribution is 6.39. The molecule has 12 heteroatoms. The summed E-state index contributed by atoms with van der Waals surface area (Å²) < 4.78 is 0. The third-order valence-corrected chi connectivity index (χ3v) is 8.37. The number of nitrogens with one attached hydrogen (secondary N) is 5. The van der Waals surface area contributed by atoms with Gasteiger partial charge in [0.05, 0.1) is 11.1 Å². The zero-order valence-electron chi connectivity index (χ0n) is 24.2. The maximum Gasteiger partial charge on any atom is 0.290 e. The Labute approximate surface area is 255 Å². The summed E-state index contributed by atoms with van der Waals surface area (Å²) in [6, 6.07) is 2.64. The van der Waals surface area contributed by atoms with Gasteiger partial charge >= 0.3 is 0 Å². The van der Waals surface area contributed by atoms with Crippen molar-refractivity contribution in [3.63, 3.8) is 0 Å². The van der Waals surface area contributed by atoms with Crippen LogP contribution in [-0.2, 0) is 19.2 Å². The second-order valence-corrected chi connectivity index (χ2v) is 13.3. The molecule has 4 amide bonds. The van der Waals surface area contributed by atoms with Crippen molar-refractivity contribution in [1.29, 1.82) is 0 Å². The minimum atomic E-state index is -1.23. The number of hydrogen-bond acceptors (Lipinski definition) is 5. The molecule has 3 atom stereocenters. The van der Waals surface area contributed by atoms with Crippen LogP contribution in [0.5, 0.6) is 0 Å². The highest BCUT2D eigenvalue weighted by Gasteiger charge is 2.37. The fourth-order valence-corrected chi connectivity index (χ4v) is 6.27. The van der Waals surface area contributed by atoms with Crippen LogP contribution >= 0.6 is 23.2 Å². The highest BCUT2D eigenvalue weighted by atomic mass is 35.5. The van der Waals surface area contributed by atoms with E-state index in [0.29, 0.717) is 40.3 Å². The van der Waals surface area contributed by atoms with E-state index >= 15 is 0 Å². The van der Waals surface area contributed by atoms with Crippen LogP contribution < -0.4 is 21.3 Å². The zero-order valence-corrected chi connectivity index (χ0v) is 25.7. The topological polar surface area (TPSA) is 149 Å². The van der Waals surface area contributed by atoms with Gasteiger partial charge in [0.2, 0.25) is 17.6 Å². The highest BCUT2D eigenvalue weighted by Crippen LogP contribution is 2.30. The molecule has 10 nitrogen and oxygen atoms in total. The summed E-state index contributed by atoms with van der Waals surface area (Å²) in [4.78, 5) is 68.6. The maximum atomic E-state index is 13.8. The van der Waals surface area contributed by atoms with Gasteiger partial charge < -0.3 is 26.3 Å². The van der Waals surface area contributed by atoms with Gasteiger partial charge in [0, 0.05) is 33.9 Å². The van der Waals surface area contributed by atoms with Crippen LogP contribution in [0.15, 0.2) is 18.2 Å². The lowest BCUT2D eigenvalue weighted by molar-refractivity contribution is -0.141. The number of aromatic nitrogens is 1. The Balaban J connectivity index is 1.56. The van der Waals surface area contributed by atoms with Gasteiger partial charge in [-0.2, -0.15) is 0 Å². The average Bonchev–Trinajstić information content (AvgIpc) is 3.53. The Bertz CT molecular complexity index is 1360. The standard InChI is InChI=1S/C30H39Cl2N5O5/c1-30(2,3)37-29(42)25(38)22(12-17-9-10-33-26(17)39)35-27(40)23(11-16-7-5-4-6-8-16)36-28(41)24-15-19-20(32)13-18(31)14-21(19)34-24/h13-17,22-23,34H,4-12H2,1-3H3,(H,33,39)(H,35,40)(H,36,41)(H,37,42)/t17-,22-,23-/m0/s1. The predicted octanol–water partition coefficient (Wildman–Crippen LogP) is 4.04. The van der Waals surface area contributed by atoms with Gasteiger partial charge in [-0.1, -0.05) is 55.3 Å². The lowest BCUT2D eigenvalue weighted by Crippen LogP contribution is -2.56. The van der Waals surface area contributed by atoms with E-state index < -0.39 is 47.0 Å². The largest absolute Gasteiger partial charge is 0.356 e. The monoisotopic (exact) mass is 619 g/mol. The van der Waals surface area contributed by atoms with E-state index in [0.717, 1.165) is 32.1 Å². The van der Waals surface area contributed by atoms with Crippen LogP contribution in [0.4, 0.5) is 0 Å². The molecule has 1 aromatic carbocycles. The molecule has 1 aliphatic heterocycles. The van der Waals surface area contributed by atoms with E-state index in [9.17, 15) is 24.0 Å². The second kappa shape index (κ2) is 13.5. The molecule has 2 fully saturated rings. The Hall–Kier alpha value is -3.11. The minimum absolute atomic E-state index is 0.0145. The number of Topliss-reactive ketones (excluding diaryl/α,β-unsaturated/α-hetero) is 1. The van der Waals surface area contributed by atoms with Crippen LogP contribution in [0.1, 0.15) is 82.6 Å². The molecule has 0 spiro atoms. The lowest BCUT2D eigenvalue weighted by Gasteiger charge is -2.28. The Morgan fingerprint density at radius 3 is 2.31 bits per heavy atom. The fourth-order valence-electron chi connectivity index (χ4n) is 5.73. The summed E-state index contributed by atoms with van der Waals surface area (Å²) >= 11 is 12.4. The number of H-pyrrole nitrogens is 1. The first-order chi connectivity index (χ1) is 19.8. The molecule has 0 radical (unpaired) electrons. The zero-order chi connectivity index (χ0) is 30.6. The molecule has 2 aromatic rings. The van der Waals surface area contributed by atoms with Crippen molar-refractivity contribution in [2.24, 2.45) is 11.8 Å². The molecule has 5 N–H and O–H groups in total. The molecule has 1 aromatic heterocycles. The molecule has 0 unspecified atom stereocenters. The molecular formula is C30H39Cl2N5O5. The van der Waals surface area contributed by atoms with Gasteiger partial charge in [0.15, 0.2) is 0 Å². The van der Waals surface area contributed by atoms with Gasteiger partial charge in [-0.3, -0.25) is 24.0 Å². The van der Waals surface area contributed by atoms with Crippen molar-refractivity contribution in [2.45, 2.75) is 89.8 Å². The van der Waals surface area contributed by atoms with Gasteiger partial charge in [-0.25, -0.2) is 0 Å². The van der Waals surface area contributed by atoms with Crippen LogP contribution in [0.25, 0.3) is 10.9 Å². The third kappa shape index (κ3) is 8.25. The molecule has 2 heterocycles. The van der Waals surface area contributed by atoms with Crippen molar-refractivity contribution in [1.82, 2.24) is 26.3 Å². The Morgan fingerprint density at radius 1 is 0.952 bits per heavy atom. The molecule has 1 aliphatic carbocycles. The number of aromatic amines is 1. The molecule has 42 heavy (non-hydrogen) atoms. The van der Waals surface area contributed by atoms with E-state index in [-0.39, 0.29) is 23.9 Å². The van der Waals surface area contributed by atoms with Crippen LogP contribution in [0.2, 0.25) is 10.0 Å². The first-order valence-electron chi connectivity index (χ1n) is 14.5. The Morgan fingerprint density at radius 2 is 1.67 bits per heavy atom. The number of halogens is 2. The van der Waals surface area contributed by atoms with Gasteiger partial charge in [-0.15, -0.1) is 0 Å². The van der Waals surface area contributed by atoms with Crippen molar-refractivity contribution >= 4 is 63.5 Å². The predicted molar refractivity (Wildman–Crippen MR) is 161 cm³/mol. The molecular weight excluding hydrogens is 581 g/mol. The molecule has 2 aliphatic rings. The van der Waals surface area contributed by atoms with Crippen LogP contribution in [-0.4, -0.2) is 58.6 Å². The SMILES string of the molecule is CC(C)(C)NC(=O)C(=O)[C@H](C[C@@H]1CCNC1=O)NC(=O)[C@H](CC1CCCCC1)NC(=O)c1cc2c(Cl)cc(Cl)cc2[nH]1. The summed E-state index contributed by atoms with van der Waals surface area (Å²) in [6.07, 6.45) is 5.92. The lowest BCUT2D eigenvalue weighted by atomic mass is 9.84. The molecule has 0 bridgehead atoms. The van der Waals surface area contributed by atoms with E-state index in [1.54, 1.807) is 39.0 Å². The van der Waals surface area contributed by atoms with Crippen LogP contribution in [0, 0.1) is 11.8 Å². The number of carbonyl (C=O) groups excluding carboxylic acids is 5. The summed E-state index contributed by atoms with van der Waals surface area (Å²) in [6.45, 7) is 5.71. The van der Waals surface area contributed by atoms with E-state index in [1.807, 2.05) is 0 Å². The van der Waals surface area contributed by atoms with Gasteiger partial charge in [-0.05, 0) is 64.2 Å². The molecule has 228 valence electrons. The fraction of sp³-hybridized carbons (Fsp3) is 0.567. The number of fused-ring (bicyclic) bond motifs is 1. The summed E-state index contributed by atoms with van der Waals surface area (Å²) in [7, 11) is 0. The first-order valence-corrected chi connectivity index (χ1v) is 15.3. The van der Waals surface area contributed by atoms with Gasteiger partial charge in [0.25, 0.3) is 11.8 Å². The maximum absolute atomic E-state index is 13.8. The average molecular weight is 621 g/mol. The molecule has 1 saturated carbocycles. The number of benzene rings is 1. The molecule has 1 saturated heterocycles. The van der Waals surface area contributed by atoms with E-state index in [1.165, 1.54) is 0 Å². The van der Waals surface area contributed by atoms with Gasteiger partial charge in [0.1, 0.15) is 11.7 Å². The number of rotatable bonds is 10. The Kier molecular flexibility index (Phi) is 10.2. The minimum Gasteiger partial charge on any atom is -0.356 e. The number of ketones is 1.